The summed E-state index contributed by atoms with van der Waals surface area (Å²) in [5.41, 5.74) is 1.81. The molecule has 0 radical (unpaired) electrons. The summed E-state index contributed by atoms with van der Waals surface area (Å²) in [6.45, 7) is 1.59. The Bertz CT molecular complexity index is 871. The van der Waals surface area contributed by atoms with E-state index in [1.165, 1.54) is 0 Å². The quantitative estimate of drug-likeness (QED) is 0.759. The number of nitrogens with zero attached hydrogens (tertiary/aromatic N) is 2. The Hall–Kier alpha value is -2.09. The SMILES string of the molecule is COc1ccc(C2CN(S(=O)(=O)Cc3ccccc3)CCN2C)cc1OC. The molecule has 3 rings (SSSR count). The molecule has 6 nitrogen and oxygen atoms in total. The summed E-state index contributed by atoms with van der Waals surface area (Å²) in [5, 5.41) is 0. The summed E-state index contributed by atoms with van der Waals surface area (Å²) in [5.74, 6) is 1.33. The molecule has 27 heavy (non-hydrogen) atoms. The maximum atomic E-state index is 12.9. The van der Waals surface area contributed by atoms with Gasteiger partial charge in [0.2, 0.25) is 10.0 Å². The van der Waals surface area contributed by atoms with Crippen molar-refractivity contribution in [1.82, 2.24) is 9.21 Å². The van der Waals surface area contributed by atoms with Crippen molar-refractivity contribution in [2.24, 2.45) is 0 Å². The van der Waals surface area contributed by atoms with Crippen LogP contribution in [0.25, 0.3) is 0 Å². The van der Waals surface area contributed by atoms with Crippen molar-refractivity contribution in [3.05, 3.63) is 59.7 Å². The molecule has 2 aromatic carbocycles. The molecule has 1 saturated heterocycles. The van der Waals surface area contributed by atoms with E-state index in [1.807, 2.05) is 55.6 Å². The second-order valence-corrected chi connectivity index (χ2v) is 8.68. The molecule has 1 unspecified atom stereocenters. The van der Waals surface area contributed by atoms with Gasteiger partial charge in [-0.05, 0) is 30.3 Å². The summed E-state index contributed by atoms with van der Waals surface area (Å²) in [6, 6.07) is 15.0. The zero-order chi connectivity index (χ0) is 19.4. The topological polar surface area (TPSA) is 59.1 Å². The van der Waals surface area contributed by atoms with Crippen molar-refractivity contribution in [3.63, 3.8) is 0 Å². The summed E-state index contributed by atoms with van der Waals surface area (Å²) >= 11 is 0. The van der Waals surface area contributed by atoms with Crippen LogP contribution in [0.4, 0.5) is 0 Å². The van der Waals surface area contributed by atoms with Crippen LogP contribution >= 0.6 is 0 Å². The zero-order valence-electron chi connectivity index (χ0n) is 16.0. The van der Waals surface area contributed by atoms with Gasteiger partial charge in [-0.15, -0.1) is 0 Å². The highest BCUT2D eigenvalue weighted by Gasteiger charge is 2.32. The van der Waals surface area contributed by atoms with Crippen molar-refractivity contribution < 1.29 is 17.9 Å². The lowest BCUT2D eigenvalue weighted by Gasteiger charge is -2.39. The molecule has 1 aliphatic rings. The normalized spacial score (nSPS) is 19.0. The second kappa shape index (κ2) is 8.29. The number of methoxy groups -OCH3 is 2. The number of sulfonamides is 1. The van der Waals surface area contributed by atoms with Crippen LogP contribution in [0.1, 0.15) is 17.2 Å². The minimum Gasteiger partial charge on any atom is -0.493 e. The van der Waals surface area contributed by atoms with Crippen molar-refractivity contribution in [1.29, 1.82) is 0 Å². The first kappa shape index (κ1) is 19.7. The Morgan fingerprint density at radius 2 is 1.70 bits per heavy atom. The van der Waals surface area contributed by atoms with Crippen LogP contribution in [0.2, 0.25) is 0 Å². The van der Waals surface area contributed by atoms with Crippen molar-refractivity contribution in [2.75, 3.05) is 40.9 Å². The highest BCUT2D eigenvalue weighted by atomic mass is 32.2. The van der Waals surface area contributed by atoms with E-state index in [0.29, 0.717) is 31.1 Å². The van der Waals surface area contributed by atoms with Crippen LogP contribution in [0.5, 0.6) is 11.5 Å². The van der Waals surface area contributed by atoms with Crippen LogP contribution in [-0.2, 0) is 15.8 Å². The molecular formula is C20H26N2O4S. The molecule has 0 aliphatic carbocycles. The third kappa shape index (κ3) is 4.43. The van der Waals surface area contributed by atoms with Gasteiger partial charge in [0.05, 0.1) is 20.0 Å². The van der Waals surface area contributed by atoms with E-state index in [1.54, 1.807) is 18.5 Å². The first-order valence-corrected chi connectivity index (χ1v) is 10.5. The van der Waals surface area contributed by atoms with E-state index >= 15 is 0 Å². The average Bonchev–Trinajstić information content (AvgIpc) is 2.68. The Balaban J connectivity index is 1.82. The first-order chi connectivity index (χ1) is 12.9. The smallest absolute Gasteiger partial charge is 0.218 e. The summed E-state index contributed by atoms with van der Waals surface area (Å²) in [4.78, 5) is 2.18. The molecule has 1 heterocycles. The second-order valence-electron chi connectivity index (χ2n) is 6.71. The Morgan fingerprint density at radius 3 is 2.37 bits per heavy atom. The third-order valence-electron chi connectivity index (χ3n) is 4.99. The van der Waals surface area contributed by atoms with Gasteiger partial charge in [0, 0.05) is 25.7 Å². The fraction of sp³-hybridized carbons (Fsp3) is 0.400. The van der Waals surface area contributed by atoms with Crippen LogP contribution in [0.3, 0.4) is 0 Å². The number of piperazine rings is 1. The Morgan fingerprint density at radius 1 is 1.00 bits per heavy atom. The minimum absolute atomic E-state index is 0.0240. The molecule has 0 saturated carbocycles. The molecular weight excluding hydrogens is 364 g/mol. The number of likely N-dealkylation sites (N-methyl/N-ethyl adjacent to an activating group) is 1. The molecule has 0 N–H and O–H groups in total. The largest absolute Gasteiger partial charge is 0.493 e. The van der Waals surface area contributed by atoms with Gasteiger partial charge in [0.1, 0.15) is 0 Å². The van der Waals surface area contributed by atoms with Crippen LogP contribution in [-0.4, -0.2) is 58.5 Å². The summed E-state index contributed by atoms with van der Waals surface area (Å²) in [7, 11) is 1.84. The molecule has 0 spiro atoms. The fourth-order valence-corrected chi connectivity index (χ4v) is 4.92. The van der Waals surface area contributed by atoms with Gasteiger partial charge in [-0.3, -0.25) is 4.90 Å². The van der Waals surface area contributed by atoms with E-state index in [2.05, 4.69) is 4.90 Å². The van der Waals surface area contributed by atoms with Gasteiger partial charge in [-0.1, -0.05) is 36.4 Å². The van der Waals surface area contributed by atoms with Crippen LogP contribution in [0.15, 0.2) is 48.5 Å². The lowest BCUT2D eigenvalue weighted by Crippen LogP contribution is -2.49. The lowest BCUT2D eigenvalue weighted by atomic mass is 10.0. The van der Waals surface area contributed by atoms with Crippen molar-refractivity contribution >= 4 is 10.0 Å². The molecule has 1 atom stereocenters. The van der Waals surface area contributed by atoms with E-state index < -0.39 is 10.0 Å². The van der Waals surface area contributed by atoms with Gasteiger partial charge < -0.3 is 9.47 Å². The molecule has 2 aromatic rings. The number of benzene rings is 2. The number of hydrogen-bond donors (Lipinski definition) is 0. The molecule has 1 aliphatic heterocycles. The average molecular weight is 391 g/mol. The maximum absolute atomic E-state index is 12.9. The minimum atomic E-state index is -3.38. The summed E-state index contributed by atoms with van der Waals surface area (Å²) < 4.78 is 38.2. The molecule has 1 fully saturated rings. The van der Waals surface area contributed by atoms with Gasteiger partial charge >= 0.3 is 0 Å². The number of rotatable bonds is 6. The van der Waals surface area contributed by atoms with Gasteiger partial charge in [-0.25, -0.2) is 8.42 Å². The molecule has 0 bridgehead atoms. The first-order valence-electron chi connectivity index (χ1n) is 8.88. The van der Waals surface area contributed by atoms with Gasteiger partial charge in [0.25, 0.3) is 0 Å². The Kier molecular flexibility index (Phi) is 6.04. The van der Waals surface area contributed by atoms with E-state index in [4.69, 9.17) is 9.47 Å². The fourth-order valence-electron chi connectivity index (χ4n) is 3.40. The molecule has 146 valence electrons. The molecule has 7 heteroatoms. The third-order valence-corrected chi connectivity index (χ3v) is 6.80. The predicted molar refractivity (Wildman–Crippen MR) is 106 cm³/mol. The van der Waals surface area contributed by atoms with Crippen molar-refractivity contribution in [2.45, 2.75) is 11.8 Å². The van der Waals surface area contributed by atoms with E-state index in [0.717, 1.165) is 11.1 Å². The van der Waals surface area contributed by atoms with Crippen LogP contribution in [0, 0.1) is 0 Å². The standard InChI is InChI=1S/C20H26N2O4S/c1-21-11-12-22(27(23,24)15-16-7-5-4-6-8-16)14-18(21)17-9-10-19(25-2)20(13-17)26-3/h4-10,13,18H,11-12,14-15H2,1-3H3. The van der Waals surface area contributed by atoms with Gasteiger partial charge in [0.15, 0.2) is 11.5 Å². The van der Waals surface area contributed by atoms with Gasteiger partial charge in [-0.2, -0.15) is 4.31 Å². The Labute approximate surface area is 161 Å². The zero-order valence-corrected chi connectivity index (χ0v) is 16.8. The highest BCUT2D eigenvalue weighted by molar-refractivity contribution is 7.88. The van der Waals surface area contributed by atoms with Crippen LogP contribution < -0.4 is 9.47 Å². The maximum Gasteiger partial charge on any atom is 0.218 e. The summed E-state index contributed by atoms with van der Waals surface area (Å²) in [6.07, 6.45) is 0. The van der Waals surface area contributed by atoms with Crippen molar-refractivity contribution in [3.8, 4) is 11.5 Å². The lowest BCUT2D eigenvalue weighted by molar-refractivity contribution is 0.148. The van der Waals surface area contributed by atoms with E-state index in [-0.39, 0.29) is 11.8 Å². The molecule has 0 amide bonds. The molecule has 0 aromatic heterocycles. The monoisotopic (exact) mass is 390 g/mol. The predicted octanol–water partition coefficient (Wildman–Crippen LogP) is 2.52. The van der Waals surface area contributed by atoms with E-state index in [9.17, 15) is 8.42 Å². The highest BCUT2D eigenvalue weighted by Crippen LogP contribution is 2.33. The number of hydrogen-bond acceptors (Lipinski definition) is 5. The number of ether oxygens (including phenoxy) is 2.